The summed E-state index contributed by atoms with van der Waals surface area (Å²) in [5, 5.41) is 13.8. The molecule has 3 heterocycles. The lowest BCUT2D eigenvalue weighted by molar-refractivity contribution is 0.0697. The number of sulfonamides is 1. The van der Waals surface area contributed by atoms with Gasteiger partial charge in [0.1, 0.15) is 0 Å². The van der Waals surface area contributed by atoms with Gasteiger partial charge >= 0.3 is 5.97 Å². The molecule has 1 aliphatic rings. The predicted octanol–water partition coefficient (Wildman–Crippen LogP) is 4.74. The van der Waals surface area contributed by atoms with Crippen molar-refractivity contribution in [2.24, 2.45) is 0 Å². The Labute approximate surface area is 232 Å². The molecule has 0 amide bonds. The second-order valence-electron chi connectivity index (χ2n) is 9.40. The molecule has 2 atom stereocenters. The fourth-order valence-electron chi connectivity index (χ4n) is 5.16. The lowest BCUT2D eigenvalue weighted by Gasteiger charge is -2.28. The minimum absolute atomic E-state index is 0.206. The summed E-state index contributed by atoms with van der Waals surface area (Å²) in [5.41, 5.74) is 5.51. The number of hydrogen-bond acceptors (Lipinski definition) is 5. The van der Waals surface area contributed by atoms with Crippen molar-refractivity contribution in [3.8, 4) is 5.69 Å². The first-order valence-electron chi connectivity index (χ1n) is 12.1. The normalized spacial score (nSPS) is 17.2. The Bertz CT molecular complexity index is 1670. The zero-order valence-electron chi connectivity index (χ0n) is 21.5. The van der Waals surface area contributed by atoms with Crippen molar-refractivity contribution in [2.75, 3.05) is 15.9 Å². The average molecular weight is 562 g/mol. The highest BCUT2D eigenvalue weighted by Gasteiger charge is 2.42. The first-order valence-corrected chi connectivity index (χ1v) is 14.4. The number of carbonyl (C=O) groups is 1. The summed E-state index contributed by atoms with van der Waals surface area (Å²) >= 11 is 5.82. The molecule has 39 heavy (non-hydrogen) atoms. The van der Waals surface area contributed by atoms with Crippen molar-refractivity contribution in [1.82, 2.24) is 14.9 Å². The molecule has 2 aromatic carbocycles. The van der Waals surface area contributed by atoms with Crippen molar-refractivity contribution in [2.45, 2.75) is 25.9 Å². The summed E-state index contributed by atoms with van der Waals surface area (Å²) in [4.78, 5) is 18.6. The van der Waals surface area contributed by atoms with Gasteiger partial charge in [-0.2, -0.15) is 0 Å². The topological polar surface area (TPSA) is 117 Å². The van der Waals surface area contributed by atoms with Crippen LogP contribution in [0.1, 0.15) is 45.1 Å². The van der Waals surface area contributed by atoms with Crippen molar-refractivity contribution < 1.29 is 18.3 Å². The van der Waals surface area contributed by atoms with Crippen LogP contribution in [-0.4, -0.2) is 40.4 Å². The zero-order chi connectivity index (χ0) is 27.9. The second-order valence-corrected chi connectivity index (χ2v) is 11.5. The maximum atomic E-state index is 12.0. The van der Waals surface area contributed by atoms with Crippen LogP contribution in [0.3, 0.4) is 0 Å². The number of benzene rings is 2. The average Bonchev–Trinajstić information content (AvgIpc) is 3.39. The van der Waals surface area contributed by atoms with Crippen LogP contribution in [0.15, 0.2) is 79.0 Å². The Kier molecular flexibility index (Phi) is 6.87. The molecule has 0 spiro atoms. The number of hydrogen-bond donors (Lipinski definition) is 3. The lowest BCUT2D eigenvalue weighted by atomic mass is 9.96. The standard InChI is InChI=1S/C28H27N5O4S2/c1-17-16-22(18(2)32(17)24-10-5-4-8-21(24)27(34)35)26-25(23-9-6-7-15-29-23)30-28(38)33(26)20-13-11-19(12-14-20)31-39(3,36)37/h4-16,25-26,31H,1-3H3,(H,30,38)(H,34,35). The number of nitrogens with one attached hydrogen (secondary N) is 2. The molecule has 5 rings (SSSR count). The van der Waals surface area contributed by atoms with Crippen LogP contribution in [0.5, 0.6) is 0 Å². The Morgan fingerprint density at radius 3 is 2.38 bits per heavy atom. The Morgan fingerprint density at radius 1 is 1.05 bits per heavy atom. The minimum Gasteiger partial charge on any atom is -0.478 e. The Morgan fingerprint density at radius 2 is 1.74 bits per heavy atom. The van der Waals surface area contributed by atoms with E-state index in [-0.39, 0.29) is 17.6 Å². The molecule has 1 fully saturated rings. The fourth-order valence-corrected chi connectivity index (χ4v) is 6.07. The van der Waals surface area contributed by atoms with Crippen LogP contribution in [0.25, 0.3) is 5.69 Å². The molecular weight excluding hydrogens is 534 g/mol. The summed E-state index contributed by atoms with van der Waals surface area (Å²) in [5.74, 6) is -1.00. The number of nitrogens with zero attached hydrogens (tertiary/aromatic N) is 3. The van der Waals surface area contributed by atoms with Gasteiger partial charge in [-0.25, -0.2) is 13.2 Å². The van der Waals surface area contributed by atoms with Crippen LogP contribution in [0, 0.1) is 13.8 Å². The molecule has 2 aromatic heterocycles. The molecule has 3 N–H and O–H groups in total. The predicted molar refractivity (Wildman–Crippen MR) is 155 cm³/mol. The number of pyridine rings is 1. The van der Waals surface area contributed by atoms with Crippen molar-refractivity contribution in [1.29, 1.82) is 0 Å². The monoisotopic (exact) mass is 561 g/mol. The molecule has 200 valence electrons. The van der Waals surface area contributed by atoms with E-state index in [0.717, 1.165) is 34.6 Å². The van der Waals surface area contributed by atoms with Crippen LogP contribution >= 0.6 is 12.2 Å². The second kappa shape index (κ2) is 10.2. The van der Waals surface area contributed by atoms with Gasteiger partial charge in [0.15, 0.2) is 5.11 Å². The molecule has 1 aliphatic heterocycles. The van der Waals surface area contributed by atoms with Crippen molar-refractivity contribution in [3.63, 3.8) is 0 Å². The third-order valence-electron chi connectivity index (χ3n) is 6.71. The number of thiocarbonyl (C=S) groups is 1. The number of aromatic carboxylic acids is 1. The first kappa shape index (κ1) is 26.4. The fraction of sp³-hybridized carbons (Fsp3) is 0.179. The first-order chi connectivity index (χ1) is 18.5. The third kappa shape index (κ3) is 5.10. The van der Waals surface area contributed by atoms with Gasteiger partial charge in [-0.15, -0.1) is 0 Å². The maximum Gasteiger partial charge on any atom is 0.337 e. The Balaban J connectivity index is 1.65. The number of carboxylic acids is 1. The highest BCUT2D eigenvalue weighted by molar-refractivity contribution is 7.92. The number of rotatable bonds is 7. The van der Waals surface area contributed by atoms with Gasteiger partial charge in [0.2, 0.25) is 10.0 Å². The van der Waals surface area contributed by atoms with E-state index in [0.29, 0.717) is 16.5 Å². The third-order valence-corrected chi connectivity index (χ3v) is 7.63. The summed E-state index contributed by atoms with van der Waals surface area (Å²) in [6.07, 6.45) is 2.84. The van der Waals surface area contributed by atoms with E-state index in [1.165, 1.54) is 0 Å². The summed E-state index contributed by atoms with van der Waals surface area (Å²) in [6.45, 7) is 3.91. The van der Waals surface area contributed by atoms with E-state index in [9.17, 15) is 18.3 Å². The smallest absolute Gasteiger partial charge is 0.337 e. The highest BCUT2D eigenvalue weighted by atomic mass is 32.2. The summed E-state index contributed by atoms with van der Waals surface area (Å²) in [6, 6.07) is 21.1. The lowest BCUT2D eigenvalue weighted by Crippen LogP contribution is -2.29. The molecule has 0 saturated carbocycles. The van der Waals surface area contributed by atoms with Crippen LogP contribution < -0.4 is 14.9 Å². The SMILES string of the molecule is Cc1cc(C2C(c3ccccn3)NC(=S)N2c2ccc(NS(C)(=O)=O)cc2)c(C)n1-c1ccccc1C(=O)O. The molecule has 1 saturated heterocycles. The zero-order valence-corrected chi connectivity index (χ0v) is 23.1. The highest BCUT2D eigenvalue weighted by Crippen LogP contribution is 2.44. The summed E-state index contributed by atoms with van der Waals surface area (Å²) in [7, 11) is -3.42. The number of carboxylic acid groups (broad SMARTS) is 1. The van der Waals surface area contributed by atoms with Crippen molar-refractivity contribution >= 4 is 44.7 Å². The van der Waals surface area contributed by atoms with E-state index in [1.54, 1.807) is 36.5 Å². The van der Waals surface area contributed by atoms with Gasteiger partial charge in [0.25, 0.3) is 0 Å². The molecule has 4 aromatic rings. The maximum absolute atomic E-state index is 12.0. The molecule has 11 heteroatoms. The largest absolute Gasteiger partial charge is 0.478 e. The van der Waals surface area contributed by atoms with Gasteiger partial charge in [0.05, 0.1) is 35.3 Å². The van der Waals surface area contributed by atoms with Gasteiger partial charge in [-0.1, -0.05) is 18.2 Å². The molecular formula is C28H27N5O4S2. The van der Waals surface area contributed by atoms with E-state index in [4.69, 9.17) is 12.2 Å². The number of para-hydroxylation sites is 1. The Hall–Kier alpha value is -4.22. The van der Waals surface area contributed by atoms with Gasteiger partial charge in [-0.3, -0.25) is 9.71 Å². The molecule has 9 nitrogen and oxygen atoms in total. The van der Waals surface area contributed by atoms with Crippen LogP contribution in [0.2, 0.25) is 0 Å². The minimum atomic E-state index is -3.42. The molecule has 0 bridgehead atoms. The van der Waals surface area contributed by atoms with E-state index in [2.05, 4.69) is 21.1 Å². The van der Waals surface area contributed by atoms with Gasteiger partial charge in [0, 0.05) is 29.0 Å². The van der Waals surface area contributed by atoms with Crippen molar-refractivity contribution in [3.05, 3.63) is 107 Å². The van der Waals surface area contributed by atoms with Gasteiger partial charge in [-0.05, 0) is 86.2 Å². The van der Waals surface area contributed by atoms with Gasteiger partial charge < -0.3 is 19.9 Å². The number of aryl methyl sites for hydroxylation is 1. The number of anilines is 2. The van der Waals surface area contributed by atoms with E-state index in [1.807, 2.05) is 59.7 Å². The molecule has 0 radical (unpaired) electrons. The molecule has 0 aliphatic carbocycles. The quantitative estimate of drug-likeness (QED) is 0.277. The van der Waals surface area contributed by atoms with E-state index < -0.39 is 16.0 Å². The molecule has 2 unspecified atom stereocenters. The van der Waals surface area contributed by atoms with Crippen LogP contribution in [0.4, 0.5) is 11.4 Å². The summed E-state index contributed by atoms with van der Waals surface area (Å²) < 4.78 is 27.8. The van der Waals surface area contributed by atoms with E-state index >= 15 is 0 Å². The van der Waals surface area contributed by atoms with Crippen LogP contribution in [-0.2, 0) is 10.0 Å². The number of aromatic nitrogens is 2.